The number of nitrogens with zero attached hydrogens (tertiary/aromatic N) is 4. The molecule has 6 nitrogen and oxygen atoms in total. The Labute approximate surface area is 149 Å². The number of carbonyl (C=O) groups is 1. The number of phenols is 1. The highest BCUT2D eigenvalue weighted by Crippen LogP contribution is 2.22. The molecule has 0 fully saturated rings. The molecule has 0 bridgehead atoms. The molecule has 0 atom stereocenters. The van der Waals surface area contributed by atoms with Crippen LogP contribution in [0.1, 0.15) is 27.0 Å². The Morgan fingerprint density at radius 3 is 2.48 bits per heavy atom. The van der Waals surface area contributed by atoms with E-state index in [9.17, 15) is 9.90 Å². The van der Waals surface area contributed by atoms with Crippen molar-refractivity contribution in [3.63, 3.8) is 0 Å². The van der Waals surface area contributed by atoms with Crippen molar-refractivity contribution in [1.82, 2.24) is 20.2 Å². The summed E-state index contributed by atoms with van der Waals surface area (Å²) >= 11 is 1.29. The molecule has 1 N–H and O–H groups in total. The summed E-state index contributed by atoms with van der Waals surface area (Å²) in [6.45, 7) is 5.99. The third-order valence-corrected chi connectivity index (χ3v) is 4.93. The Balaban J connectivity index is 1.77. The molecule has 3 aromatic rings. The average Bonchev–Trinajstić information content (AvgIpc) is 3.05. The van der Waals surface area contributed by atoms with E-state index in [1.165, 1.54) is 17.3 Å². The van der Waals surface area contributed by atoms with Crippen molar-refractivity contribution in [2.75, 3.05) is 5.75 Å². The molecular weight excluding hydrogens is 336 g/mol. The first-order valence-corrected chi connectivity index (χ1v) is 8.76. The van der Waals surface area contributed by atoms with Crippen LogP contribution >= 0.6 is 11.8 Å². The fourth-order valence-electron chi connectivity index (χ4n) is 2.49. The van der Waals surface area contributed by atoms with Gasteiger partial charge in [-0.25, -0.2) is 0 Å². The minimum absolute atomic E-state index is 0.0471. The van der Waals surface area contributed by atoms with E-state index in [1.807, 2.05) is 32.9 Å². The van der Waals surface area contributed by atoms with Gasteiger partial charge in [-0.2, -0.15) is 4.68 Å². The van der Waals surface area contributed by atoms with E-state index in [0.29, 0.717) is 5.16 Å². The van der Waals surface area contributed by atoms with Crippen LogP contribution in [0.25, 0.3) is 5.69 Å². The molecule has 0 unspecified atom stereocenters. The largest absolute Gasteiger partial charge is 0.508 e. The molecule has 0 radical (unpaired) electrons. The Bertz CT molecular complexity index is 919. The summed E-state index contributed by atoms with van der Waals surface area (Å²) in [5, 5.41) is 21.5. The lowest BCUT2D eigenvalue weighted by atomic mass is 9.99. The number of aromatic hydroxyl groups is 1. The van der Waals surface area contributed by atoms with Crippen LogP contribution in [0.3, 0.4) is 0 Å². The standard InChI is InChI=1S/C18H18N4O2S/c1-11-8-13(3)16(9-12(11)2)17(24)10-25-18-19-20-21-22(18)14-4-6-15(23)7-5-14/h4-9,23H,10H2,1-3H3. The minimum atomic E-state index is 0.0471. The van der Waals surface area contributed by atoms with Gasteiger partial charge >= 0.3 is 0 Å². The highest BCUT2D eigenvalue weighted by atomic mass is 32.2. The number of hydrogen-bond acceptors (Lipinski definition) is 6. The number of aromatic nitrogens is 4. The SMILES string of the molecule is Cc1cc(C)c(C(=O)CSc2nnnn2-c2ccc(O)cc2)cc1C. The van der Waals surface area contributed by atoms with Crippen LogP contribution in [-0.2, 0) is 0 Å². The van der Waals surface area contributed by atoms with Gasteiger partial charge in [0.1, 0.15) is 5.75 Å². The lowest BCUT2D eigenvalue weighted by Crippen LogP contribution is -2.07. The summed E-state index contributed by atoms with van der Waals surface area (Å²) in [5.74, 6) is 0.471. The van der Waals surface area contributed by atoms with Gasteiger partial charge in [0.25, 0.3) is 0 Å². The summed E-state index contributed by atoms with van der Waals surface area (Å²) in [5.41, 5.74) is 4.72. The third-order valence-electron chi connectivity index (χ3n) is 4.01. The first kappa shape index (κ1) is 17.2. The average molecular weight is 354 g/mol. The second-order valence-corrected chi connectivity index (χ2v) is 6.80. The number of Topliss-reactive ketones (excluding diaryl/α,β-unsaturated/α-hetero) is 1. The van der Waals surface area contributed by atoms with Crippen molar-refractivity contribution in [2.24, 2.45) is 0 Å². The van der Waals surface area contributed by atoms with Gasteiger partial charge in [-0.15, -0.1) is 5.10 Å². The zero-order valence-electron chi connectivity index (χ0n) is 14.2. The molecule has 128 valence electrons. The number of phenolic OH excluding ortho intramolecular Hbond substituents is 1. The van der Waals surface area contributed by atoms with Crippen molar-refractivity contribution in [3.05, 3.63) is 58.7 Å². The molecule has 0 aliphatic carbocycles. The summed E-state index contributed by atoms with van der Waals surface area (Å²) < 4.78 is 1.55. The fourth-order valence-corrected chi connectivity index (χ4v) is 3.27. The molecule has 7 heteroatoms. The number of ketones is 1. The van der Waals surface area contributed by atoms with Crippen LogP contribution in [0.4, 0.5) is 0 Å². The summed E-state index contributed by atoms with van der Waals surface area (Å²) in [6, 6.07) is 10.5. The fraction of sp³-hybridized carbons (Fsp3) is 0.222. The van der Waals surface area contributed by atoms with Gasteiger partial charge in [0.2, 0.25) is 5.16 Å². The third kappa shape index (κ3) is 3.71. The quantitative estimate of drug-likeness (QED) is 0.559. The van der Waals surface area contributed by atoms with Gasteiger partial charge in [0.05, 0.1) is 11.4 Å². The van der Waals surface area contributed by atoms with E-state index >= 15 is 0 Å². The molecule has 0 spiro atoms. The predicted octanol–water partition coefficient (Wildman–Crippen LogP) is 3.27. The van der Waals surface area contributed by atoms with Crippen LogP contribution in [0.5, 0.6) is 5.75 Å². The zero-order valence-corrected chi connectivity index (χ0v) is 15.0. The van der Waals surface area contributed by atoms with E-state index in [1.54, 1.807) is 28.9 Å². The molecule has 0 amide bonds. The molecule has 1 heterocycles. The van der Waals surface area contributed by atoms with Crippen LogP contribution in [-0.4, -0.2) is 36.8 Å². The summed E-state index contributed by atoms with van der Waals surface area (Å²) in [7, 11) is 0. The number of aryl methyl sites for hydroxylation is 3. The van der Waals surface area contributed by atoms with Crippen LogP contribution in [0.2, 0.25) is 0 Å². The lowest BCUT2D eigenvalue weighted by Gasteiger charge is -2.09. The maximum atomic E-state index is 12.6. The second kappa shape index (κ2) is 7.06. The second-order valence-electron chi connectivity index (χ2n) is 5.85. The van der Waals surface area contributed by atoms with Gasteiger partial charge in [-0.05, 0) is 78.2 Å². The predicted molar refractivity (Wildman–Crippen MR) is 96.5 cm³/mol. The van der Waals surface area contributed by atoms with E-state index < -0.39 is 0 Å². The molecular formula is C18H18N4O2S. The minimum Gasteiger partial charge on any atom is -0.508 e. The molecule has 1 aromatic heterocycles. The Hall–Kier alpha value is -2.67. The Kier molecular flexibility index (Phi) is 4.85. The van der Waals surface area contributed by atoms with Gasteiger partial charge in [0, 0.05) is 5.56 Å². The van der Waals surface area contributed by atoms with Crippen molar-refractivity contribution in [2.45, 2.75) is 25.9 Å². The van der Waals surface area contributed by atoms with E-state index in [2.05, 4.69) is 15.5 Å². The topological polar surface area (TPSA) is 80.9 Å². The number of hydrogen-bond donors (Lipinski definition) is 1. The first-order valence-electron chi connectivity index (χ1n) is 7.77. The molecule has 0 saturated carbocycles. The molecule has 0 aliphatic heterocycles. The van der Waals surface area contributed by atoms with Gasteiger partial charge in [0.15, 0.2) is 5.78 Å². The molecule has 2 aromatic carbocycles. The number of rotatable bonds is 5. The monoisotopic (exact) mass is 354 g/mol. The highest BCUT2D eigenvalue weighted by molar-refractivity contribution is 7.99. The van der Waals surface area contributed by atoms with Crippen molar-refractivity contribution in [3.8, 4) is 11.4 Å². The van der Waals surface area contributed by atoms with Crippen LogP contribution < -0.4 is 0 Å². The molecule has 0 saturated heterocycles. The molecule has 25 heavy (non-hydrogen) atoms. The Morgan fingerprint density at radius 1 is 1.08 bits per heavy atom. The van der Waals surface area contributed by atoms with Gasteiger partial charge in [-0.1, -0.05) is 17.8 Å². The smallest absolute Gasteiger partial charge is 0.214 e. The lowest BCUT2D eigenvalue weighted by molar-refractivity contribution is 0.102. The zero-order chi connectivity index (χ0) is 18.0. The highest BCUT2D eigenvalue weighted by Gasteiger charge is 2.15. The Morgan fingerprint density at radius 2 is 1.76 bits per heavy atom. The number of thioether (sulfide) groups is 1. The van der Waals surface area contributed by atoms with Crippen LogP contribution in [0, 0.1) is 20.8 Å². The number of tetrazole rings is 1. The van der Waals surface area contributed by atoms with E-state index in [4.69, 9.17) is 0 Å². The van der Waals surface area contributed by atoms with Crippen molar-refractivity contribution in [1.29, 1.82) is 0 Å². The first-order chi connectivity index (χ1) is 12.0. The van der Waals surface area contributed by atoms with Gasteiger partial charge in [-0.3, -0.25) is 4.79 Å². The molecule has 3 rings (SSSR count). The van der Waals surface area contributed by atoms with E-state index in [-0.39, 0.29) is 17.3 Å². The maximum Gasteiger partial charge on any atom is 0.214 e. The number of carbonyl (C=O) groups excluding carboxylic acids is 1. The van der Waals surface area contributed by atoms with Crippen molar-refractivity contribution >= 4 is 17.5 Å². The van der Waals surface area contributed by atoms with Crippen LogP contribution in [0.15, 0.2) is 41.6 Å². The van der Waals surface area contributed by atoms with Gasteiger partial charge < -0.3 is 5.11 Å². The summed E-state index contributed by atoms with van der Waals surface area (Å²) in [6.07, 6.45) is 0. The number of benzene rings is 2. The maximum absolute atomic E-state index is 12.6. The summed E-state index contributed by atoms with van der Waals surface area (Å²) in [4.78, 5) is 12.6. The van der Waals surface area contributed by atoms with E-state index in [0.717, 1.165) is 22.4 Å². The normalized spacial score (nSPS) is 10.8. The molecule has 0 aliphatic rings. The van der Waals surface area contributed by atoms with Crippen molar-refractivity contribution < 1.29 is 9.90 Å².